The smallest absolute Gasteiger partial charge is 0.0116 e. The van der Waals surface area contributed by atoms with Gasteiger partial charge in [0, 0.05) is 0 Å². The summed E-state index contributed by atoms with van der Waals surface area (Å²) < 4.78 is 0. The maximum atomic E-state index is 4.04. The van der Waals surface area contributed by atoms with Gasteiger partial charge in [0.1, 0.15) is 0 Å². The molecule has 0 nitrogen and oxygen atoms in total. The molecule has 0 aromatic rings. The monoisotopic (exact) mass is 178 g/mol. The zero-order valence-electron chi connectivity index (χ0n) is 9.05. The fourth-order valence-electron chi connectivity index (χ4n) is 3.94. The first-order chi connectivity index (χ1) is 6.17. The second kappa shape index (κ2) is 3.15. The fraction of sp³-hybridized carbons (Fsp3) is 0.846. The summed E-state index contributed by atoms with van der Waals surface area (Å²) in [6, 6.07) is 0. The van der Waals surface area contributed by atoms with Crippen molar-refractivity contribution in [2.75, 3.05) is 0 Å². The van der Waals surface area contributed by atoms with E-state index in [4.69, 9.17) is 0 Å². The van der Waals surface area contributed by atoms with E-state index in [2.05, 4.69) is 26.5 Å². The average molecular weight is 178 g/mol. The number of rotatable bonds is 1. The van der Waals surface area contributed by atoms with Gasteiger partial charge >= 0.3 is 0 Å². The van der Waals surface area contributed by atoms with E-state index in [1.165, 1.54) is 32.1 Å². The van der Waals surface area contributed by atoms with E-state index < -0.39 is 0 Å². The third-order valence-electron chi connectivity index (χ3n) is 4.64. The highest BCUT2D eigenvalue weighted by atomic mass is 14.5. The molecule has 0 bridgehead atoms. The molecule has 0 radical (unpaired) electrons. The minimum atomic E-state index is 0.463. The molecule has 2 fully saturated rings. The Bertz CT molecular complexity index is 206. The van der Waals surface area contributed by atoms with Crippen molar-refractivity contribution in [2.24, 2.45) is 23.2 Å². The van der Waals surface area contributed by atoms with E-state index >= 15 is 0 Å². The third-order valence-corrected chi connectivity index (χ3v) is 4.64. The Morgan fingerprint density at radius 2 is 2.08 bits per heavy atom. The van der Waals surface area contributed by atoms with Gasteiger partial charge in [0.2, 0.25) is 0 Å². The van der Waals surface area contributed by atoms with Gasteiger partial charge in [-0.25, -0.2) is 0 Å². The number of hydrogen-bond donors (Lipinski definition) is 0. The van der Waals surface area contributed by atoms with Gasteiger partial charge in [-0.05, 0) is 36.0 Å². The highest BCUT2D eigenvalue weighted by molar-refractivity contribution is 5.05. The van der Waals surface area contributed by atoms with E-state index in [9.17, 15) is 0 Å². The van der Waals surface area contributed by atoms with Crippen LogP contribution in [0.2, 0.25) is 0 Å². The van der Waals surface area contributed by atoms with E-state index in [0.717, 1.165) is 17.8 Å². The van der Waals surface area contributed by atoms with Gasteiger partial charge in [0.25, 0.3) is 0 Å². The summed E-state index contributed by atoms with van der Waals surface area (Å²) in [4.78, 5) is 0. The Balaban J connectivity index is 2.22. The predicted molar refractivity (Wildman–Crippen MR) is 57.5 cm³/mol. The summed E-state index contributed by atoms with van der Waals surface area (Å²) in [6.45, 7) is 8.91. The molecule has 0 aromatic carbocycles. The van der Waals surface area contributed by atoms with E-state index in [1.807, 2.05) is 0 Å². The maximum absolute atomic E-state index is 4.04. The van der Waals surface area contributed by atoms with Crippen LogP contribution in [0.3, 0.4) is 0 Å². The highest BCUT2D eigenvalue weighted by Crippen LogP contribution is 2.55. The maximum Gasteiger partial charge on any atom is -0.0116 e. The van der Waals surface area contributed by atoms with Crippen LogP contribution < -0.4 is 0 Å². The van der Waals surface area contributed by atoms with Crippen LogP contribution in [0.1, 0.15) is 46.0 Å². The highest BCUT2D eigenvalue weighted by Gasteiger charge is 2.46. The van der Waals surface area contributed by atoms with Crippen LogP contribution in [0.15, 0.2) is 12.7 Å². The van der Waals surface area contributed by atoms with Crippen LogP contribution >= 0.6 is 0 Å². The fourth-order valence-corrected chi connectivity index (χ4v) is 3.94. The van der Waals surface area contributed by atoms with Gasteiger partial charge < -0.3 is 0 Å². The molecule has 0 aliphatic heterocycles. The molecule has 0 amide bonds. The van der Waals surface area contributed by atoms with Crippen molar-refractivity contribution in [1.29, 1.82) is 0 Å². The Labute approximate surface area is 82.4 Å². The first kappa shape index (κ1) is 9.30. The topological polar surface area (TPSA) is 0 Å². The molecule has 0 saturated heterocycles. The molecule has 0 heteroatoms. The van der Waals surface area contributed by atoms with Crippen molar-refractivity contribution in [3.8, 4) is 0 Å². The lowest BCUT2D eigenvalue weighted by Crippen LogP contribution is -2.32. The minimum absolute atomic E-state index is 0.463. The second-order valence-corrected chi connectivity index (χ2v) is 5.44. The van der Waals surface area contributed by atoms with Crippen molar-refractivity contribution in [1.82, 2.24) is 0 Å². The zero-order valence-corrected chi connectivity index (χ0v) is 9.05. The standard InChI is InChI=1S/C13H22/c1-4-13(3)9-8-11-7-5-6-10(2)12(11)13/h4,10-12H,1,5-9H2,2-3H3/t10?,11?,12?,13-/m1/s1. The molecular formula is C13H22. The van der Waals surface area contributed by atoms with Gasteiger partial charge in [0.15, 0.2) is 0 Å². The zero-order chi connectivity index (χ0) is 9.47. The van der Waals surface area contributed by atoms with Crippen molar-refractivity contribution in [3.05, 3.63) is 12.7 Å². The first-order valence-corrected chi connectivity index (χ1v) is 5.81. The quantitative estimate of drug-likeness (QED) is 0.532. The second-order valence-electron chi connectivity index (χ2n) is 5.44. The van der Waals surface area contributed by atoms with Crippen LogP contribution in [0.4, 0.5) is 0 Å². The normalized spacial score (nSPS) is 50.2. The average Bonchev–Trinajstić information content (AvgIpc) is 2.47. The van der Waals surface area contributed by atoms with Gasteiger partial charge in [-0.2, -0.15) is 0 Å². The van der Waals surface area contributed by atoms with Crippen LogP contribution in [-0.4, -0.2) is 0 Å². The lowest BCUT2D eigenvalue weighted by Gasteiger charge is -2.39. The molecule has 2 rings (SSSR count). The molecular weight excluding hydrogens is 156 g/mol. The Morgan fingerprint density at radius 3 is 2.77 bits per heavy atom. The molecule has 3 unspecified atom stereocenters. The third kappa shape index (κ3) is 1.35. The molecule has 2 saturated carbocycles. The van der Waals surface area contributed by atoms with Gasteiger partial charge in [-0.1, -0.05) is 39.2 Å². The molecule has 0 N–H and O–H groups in total. The lowest BCUT2D eigenvalue weighted by molar-refractivity contribution is 0.123. The van der Waals surface area contributed by atoms with Crippen LogP contribution in [0.25, 0.3) is 0 Å². The molecule has 74 valence electrons. The van der Waals surface area contributed by atoms with Crippen molar-refractivity contribution in [2.45, 2.75) is 46.0 Å². The molecule has 0 aromatic heterocycles. The van der Waals surface area contributed by atoms with Crippen LogP contribution in [-0.2, 0) is 0 Å². The number of fused-ring (bicyclic) bond motifs is 1. The molecule has 13 heavy (non-hydrogen) atoms. The molecule has 0 spiro atoms. The molecule has 0 heterocycles. The molecule has 2 aliphatic rings. The Kier molecular flexibility index (Phi) is 2.25. The van der Waals surface area contributed by atoms with E-state index in [0.29, 0.717) is 5.41 Å². The molecule has 4 atom stereocenters. The summed E-state index contributed by atoms with van der Waals surface area (Å²) in [7, 11) is 0. The van der Waals surface area contributed by atoms with E-state index in [1.54, 1.807) is 0 Å². The number of hydrogen-bond acceptors (Lipinski definition) is 0. The summed E-state index contributed by atoms with van der Waals surface area (Å²) in [5, 5.41) is 0. The Morgan fingerprint density at radius 1 is 1.31 bits per heavy atom. The summed E-state index contributed by atoms with van der Waals surface area (Å²) in [5.41, 5.74) is 0.463. The lowest BCUT2D eigenvalue weighted by atomic mass is 9.65. The van der Waals surface area contributed by atoms with Crippen molar-refractivity contribution < 1.29 is 0 Å². The minimum Gasteiger partial charge on any atom is -0.103 e. The van der Waals surface area contributed by atoms with Gasteiger partial charge in [-0.3, -0.25) is 0 Å². The van der Waals surface area contributed by atoms with Crippen molar-refractivity contribution >= 4 is 0 Å². The largest absolute Gasteiger partial charge is 0.103 e. The van der Waals surface area contributed by atoms with Gasteiger partial charge in [0.05, 0.1) is 0 Å². The van der Waals surface area contributed by atoms with Crippen LogP contribution in [0, 0.1) is 23.2 Å². The SMILES string of the molecule is C=C[C@]1(C)CCC2CCCC(C)C21. The first-order valence-electron chi connectivity index (χ1n) is 5.81. The number of allylic oxidation sites excluding steroid dienone is 1. The summed E-state index contributed by atoms with van der Waals surface area (Å²) in [6.07, 6.45) is 9.48. The van der Waals surface area contributed by atoms with Gasteiger partial charge in [-0.15, -0.1) is 6.58 Å². The van der Waals surface area contributed by atoms with Crippen LogP contribution in [0.5, 0.6) is 0 Å². The summed E-state index contributed by atoms with van der Waals surface area (Å²) >= 11 is 0. The Hall–Kier alpha value is -0.260. The predicted octanol–water partition coefficient (Wildman–Crippen LogP) is 4.02. The summed E-state index contributed by atoms with van der Waals surface area (Å²) in [5.74, 6) is 2.90. The molecule has 2 aliphatic carbocycles. The van der Waals surface area contributed by atoms with E-state index in [-0.39, 0.29) is 0 Å². The van der Waals surface area contributed by atoms with Crippen molar-refractivity contribution in [3.63, 3.8) is 0 Å².